The molecule has 0 radical (unpaired) electrons. The quantitative estimate of drug-likeness (QED) is 0.309. The first-order valence-electron chi connectivity index (χ1n) is 13.5. The minimum atomic E-state index is -4.12. The van der Waals surface area contributed by atoms with Crippen molar-refractivity contribution in [3.05, 3.63) is 95.8 Å². The predicted octanol–water partition coefficient (Wildman–Crippen LogP) is 5.16. The smallest absolute Gasteiger partial charge is 0.264 e. The molecule has 0 saturated heterocycles. The second-order valence-corrected chi connectivity index (χ2v) is 11.9. The van der Waals surface area contributed by atoms with Crippen LogP contribution in [0.4, 0.5) is 10.1 Å². The lowest BCUT2D eigenvalue weighted by molar-refractivity contribution is -0.140. The number of hydrogen-bond donors (Lipinski definition) is 1. The number of halogens is 1. The Morgan fingerprint density at radius 3 is 2.02 bits per heavy atom. The van der Waals surface area contributed by atoms with Gasteiger partial charge in [-0.2, -0.15) is 0 Å². The molecular weight excluding hydrogens is 529 g/mol. The third-order valence-corrected chi connectivity index (χ3v) is 8.37. The van der Waals surface area contributed by atoms with Gasteiger partial charge in [-0.1, -0.05) is 70.2 Å². The van der Waals surface area contributed by atoms with E-state index in [0.29, 0.717) is 24.2 Å². The van der Waals surface area contributed by atoms with E-state index in [4.69, 9.17) is 0 Å². The summed E-state index contributed by atoms with van der Waals surface area (Å²) in [5, 5.41) is 2.89. The molecule has 3 aromatic rings. The van der Waals surface area contributed by atoms with Crippen LogP contribution in [0.3, 0.4) is 0 Å². The Morgan fingerprint density at radius 2 is 1.48 bits per heavy atom. The summed E-state index contributed by atoms with van der Waals surface area (Å²) in [4.78, 5) is 28.7. The number of hydrogen-bond acceptors (Lipinski definition) is 4. The Bertz CT molecular complexity index is 1360. The molecule has 0 spiro atoms. The van der Waals surface area contributed by atoms with Gasteiger partial charge in [0.2, 0.25) is 11.8 Å². The highest BCUT2D eigenvalue weighted by atomic mass is 32.2. The normalized spacial score (nSPS) is 12.2. The summed E-state index contributed by atoms with van der Waals surface area (Å²) in [6.45, 7) is 7.68. The van der Waals surface area contributed by atoms with Gasteiger partial charge in [0, 0.05) is 13.1 Å². The van der Waals surface area contributed by atoms with E-state index in [2.05, 4.69) is 5.32 Å². The van der Waals surface area contributed by atoms with Gasteiger partial charge in [0.25, 0.3) is 10.0 Å². The highest BCUT2D eigenvalue weighted by Crippen LogP contribution is 2.25. The highest BCUT2D eigenvalue weighted by molar-refractivity contribution is 7.92. The molecule has 214 valence electrons. The van der Waals surface area contributed by atoms with Crippen LogP contribution in [0.5, 0.6) is 0 Å². The minimum Gasteiger partial charge on any atom is -0.354 e. The van der Waals surface area contributed by atoms with Crippen molar-refractivity contribution in [2.45, 2.75) is 58.0 Å². The van der Waals surface area contributed by atoms with Crippen LogP contribution in [-0.2, 0) is 32.6 Å². The summed E-state index contributed by atoms with van der Waals surface area (Å²) < 4.78 is 42.3. The fraction of sp³-hybridized carbons (Fsp3) is 0.355. The molecular formula is C31H38FN3O4S. The summed E-state index contributed by atoms with van der Waals surface area (Å²) in [6.07, 6.45) is 1.09. The average molecular weight is 568 g/mol. The third-order valence-electron chi connectivity index (χ3n) is 6.58. The fourth-order valence-electron chi connectivity index (χ4n) is 4.27. The van der Waals surface area contributed by atoms with Gasteiger partial charge in [0.15, 0.2) is 0 Å². The molecule has 0 fully saturated rings. The lowest BCUT2D eigenvalue weighted by atomic mass is 10.1. The van der Waals surface area contributed by atoms with Crippen molar-refractivity contribution >= 4 is 27.5 Å². The summed E-state index contributed by atoms with van der Waals surface area (Å²) >= 11 is 0. The lowest BCUT2D eigenvalue weighted by Gasteiger charge is -2.33. The Hall–Kier alpha value is -3.72. The molecule has 0 aliphatic heterocycles. The molecule has 0 bridgehead atoms. The second-order valence-electron chi connectivity index (χ2n) is 10.1. The van der Waals surface area contributed by atoms with Crippen LogP contribution < -0.4 is 9.62 Å². The molecule has 3 aromatic carbocycles. The monoisotopic (exact) mass is 567 g/mol. The number of carbonyl (C=O) groups excluding carboxylic acids is 2. The Kier molecular flexibility index (Phi) is 10.8. The van der Waals surface area contributed by atoms with E-state index in [0.717, 1.165) is 16.3 Å². The van der Waals surface area contributed by atoms with Crippen molar-refractivity contribution in [2.75, 3.05) is 17.4 Å². The SMILES string of the molecule is CCc1ccc(N(CC(=O)N(Cc2ccc(F)cc2)[C@H](CC)C(=O)NCC(C)C)S(=O)(=O)c2ccccc2)cc1. The molecule has 2 amide bonds. The summed E-state index contributed by atoms with van der Waals surface area (Å²) in [6, 6.07) is 19.8. The van der Waals surface area contributed by atoms with Gasteiger partial charge >= 0.3 is 0 Å². The van der Waals surface area contributed by atoms with Gasteiger partial charge < -0.3 is 10.2 Å². The Labute approximate surface area is 237 Å². The molecule has 0 saturated carbocycles. The van der Waals surface area contributed by atoms with Crippen molar-refractivity contribution in [3.63, 3.8) is 0 Å². The minimum absolute atomic E-state index is 0.0146. The van der Waals surface area contributed by atoms with Crippen LogP contribution in [0.1, 0.15) is 45.2 Å². The van der Waals surface area contributed by atoms with Gasteiger partial charge in [0.05, 0.1) is 10.6 Å². The number of sulfonamides is 1. The summed E-state index contributed by atoms with van der Waals surface area (Å²) in [5.74, 6) is -1.08. The number of nitrogens with one attached hydrogen (secondary N) is 1. The second kappa shape index (κ2) is 14.1. The molecule has 1 N–H and O–H groups in total. The molecule has 3 rings (SSSR count). The maximum absolute atomic E-state index is 14.0. The van der Waals surface area contributed by atoms with Crippen molar-refractivity contribution < 1.29 is 22.4 Å². The van der Waals surface area contributed by atoms with E-state index >= 15 is 0 Å². The topological polar surface area (TPSA) is 86.8 Å². The summed E-state index contributed by atoms with van der Waals surface area (Å²) in [5.41, 5.74) is 1.99. The van der Waals surface area contributed by atoms with E-state index in [1.807, 2.05) is 32.9 Å². The van der Waals surface area contributed by atoms with Crippen molar-refractivity contribution in [1.82, 2.24) is 10.2 Å². The van der Waals surface area contributed by atoms with Gasteiger partial charge in [-0.25, -0.2) is 12.8 Å². The Balaban J connectivity index is 2.03. The molecule has 0 aromatic heterocycles. The number of amides is 2. The first-order valence-corrected chi connectivity index (χ1v) is 15.0. The number of aryl methyl sites for hydroxylation is 1. The standard InChI is InChI=1S/C31H38FN3O4S/c1-5-24-14-18-27(19-15-24)35(40(38,39)28-10-8-7-9-11-28)22-30(36)34(21-25-12-16-26(32)17-13-25)29(6-2)31(37)33-20-23(3)4/h7-19,23,29H,5-6,20-22H2,1-4H3,(H,33,37)/t29-/m1/s1. The van der Waals surface area contributed by atoms with Gasteiger partial charge in [-0.3, -0.25) is 13.9 Å². The molecule has 0 aliphatic rings. The van der Waals surface area contributed by atoms with Crippen LogP contribution in [0.15, 0.2) is 83.8 Å². The van der Waals surface area contributed by atoms with Crippen molar-refractivity contribution in [2.24, 2.45) is 5.92 Å². The number of benzene rings is 3. The lowest BCUT2D eigenvalue weighted by Crippen LogP contribution is -2.52. The Morgan fingerprint density at radius 1 is 0.875 bits per heavy atom. The number of nitrogens with zero attached hydrogens (tertiary/aromatic N) is 2. The van der Waals surface area contributed by atoms with Crippen LogP contribution in [0.25, 0.3) is 0 Å². The molecule has 40 heavy (non-hydrogen) atoms. The van der Waals surface area contributed by atoms with Gasteiger partial charge in [-0.05, 0) is 66.3 Å². The molecule has 0 unspecified atom stereocenters. The van der Waals surface area contributed by atoms with Crippen LogP contribution in [0, 0.1) is 11.7 Å². The predicted molar refractivity (Wildman–Crippen MR) is 156 cm³/mol. The zero-order chi connectivity index (χ0) is 29.3. The number of anilines is 1. The van der Waals surface area contributed by atoms with Crippen LogP contribution in [0.2, 0.25) is 0 Å². The maximum Gasteiger partial charge on any atom is 0.264 e. The molecule has 0 aliphatic carbocycles. The van der Waals surface area contributed by atoms with Gasteiger partial charge in [0.1, 0.15) is 18.4 Å². The van der Waals surface area contributed by atoms with E-state index in [-0.39, 0.29) is 23.3 Å². The van der Waals surface area contributed by atoms with Crippen molar-refractivity contribution in [3.8, 4) is 0 Å². The average Bonchev–Trinajstić information content (AvgIpc) is 2.96. The summed E-state index contributed by atoms with van der Waals surface area (Å²) in [7, 11) is -4.12. The van der Waals surface area contributed by atoms with Crippen LogP contribution in [-0.4, -0.2) is 44.3 Å². The molecule has 9 heteroatoms. The highest BCUT2D eigenvalue weighted by Gasteiger charge is 2.33. The van der Waals surface area contributed by atoms with Crippen molar-refractivity contribution in [1.29, 1.82) is 0 Å². The number of carbonyl (C=O) groups is 2. The zero-order valence-electron chi connectivity index (χ0n) is 23.5. The van der Waals surface area contributed by atoms with E-state index in [9.17, 15) is 22.4 Å². The van der Waals surface area contributed by atoms with E-state index < -0.39 is 34.3 Å². The van der Waals surface area contributed by atoms with E-state index in [1.165, 1.54) is 29.2 Å². The molecule has 7 nitrogen and oxygen atoms in total. The zero-order valence-corrected chi connectivity index (χ0v) is 24.3. The third kappa shape index (κ3) is 7.91. The maximum atomic E-state index is 14.0. The van der Waals surface area contributed by atoms with E-state index in [1.54, 1.807) is 49.4 Å². The number of rotatable bonds is 13. The first-order chi connectivity index (χ1) is 19.1. The van der Waals surface area contributed by atoms with Crippen LogP contribution >= 0.6 is 0 Å². The van der Waals surface area contributed by atoms with Gasteiger partial charge in [-0.15, -0.1) is 0 Å². The fourth-order valence-corrected chi connectivity index (χ4v) is 5.71. The molecule has 0 heterocycles. The largest absolute Gasteiger partial charge is 0.354 e. The molecule has 1 atom stereocenters. The first kappa shape index (κ1) is 30.8.